The Labute approximate surface area is 122 Å². The maximum absolute atomic E-state index is 12.2. The highest BCUT2D eigenvalue weighted by molar-refractivity contribution is 5.90. The number of nitrogens with one attached hydrogen (secondary N) is 1. The monoisotopic (exact) mass is 284 g/mol. The van der Waals surface area contributed by atoms with Crippen LogP contribution in [0.2, 0.25) is 0 Å². The highest BCUT2D eigenvalue weighted by Crippen LogP contribution is 2.47. The van der Waals surface area contributed by atoms with Crippen molar-refractivity contribution in [2.24, 2.45) is 11.7 Å². The second-order valence-electron chi connectivity index (χ2n) is 5.22. The SMILES string of the molecule is NC(=O)[C@H](NC(=O)[C@H]1C[C@H]1c1ccco1)c1ccccc1. The van der Waals surface area contributed by atoms with Gasteiger partial charge in [-0.2, -0.15) is 0 Å². The summed E-state index contributed by atoms with van der Waals surface area (Å²) < 4.78 is 5.30. The molecular weight excluding hydrogens is 268 g/mol. The van der Waals surface area contributed by atoms with Gasteiger partial charge in [0.15, 0.2) is 0 Å². The van der Waals surface area contributed by atoms with Gasteiger partial charge in [0.25, 0.3) is 0 Å². The molecule has 108 valence electrons. The van der Waals surface area contributed by atoms with E-state index >= 15 is 0 Å². The molecule has 1 saturated carbocycles. The van der Waals surface area contributed by atoms with Crippen molar-refractivity contribution < 1.29 is 14.0 Å². The molecule has 1 aromatic carbocycles. The van der Waals surface area contributed by atoms with E-state index in [1.807, 2.05) is 12.1 Å². The number of carbonyl (C=O) groups is 2. The molecule has 1 heterocycles. The first-order valence-corrected chi connectivity index (χ1v) is 6.85. The van der Waals surface area contributed by atoms with Crippen LogP contribution in [0.3, 0.4) is 0 Å². The summed E-state index contributed by atoms with van der Waals surface area (Å²) in [5.74, 6) is 0.0327. The first kappa shape index (κ1) is 13.4. The highest BCUT2D eigenvalue weighted by atomic mass is 16.3. The molecule has 3 N–H and O–H groups in total. The molecule has 21 heavy (non-hydrogen) atoms. The zero-order chi connectivity index (χ0) is 14.8. The molecular formula is C16H16N2O3. The second-order valence-corrected chi connectivity index (χ2v) is 5.22. The summed E-state index contributed by atoms with van der Waals surface area (Å²) >= 11 is 0. The Kier molecular flexibility index (Phi) is 3.48. The zero-order valence-electron chi connectivity index (χ0n) is 11.4. The molecule has 2 amide bonds. The van der Waals surface area contributed by atoms with E-state index in [0.717, 1.165) is 12.2 Å². The smallest absolute Gasteiger partial charge is 0.244 e. The molecule has 0 unspecified atom stereocenters. The summed E-state index contributed by atoms with van der Waals surface area (Å²) in [6.45, 7) is 0. The van der Waals surface area contributed by atoms with Crippen LogP contribution in [0, 0.1) is 5.92 Å². The molecule has 0 radical (unpaired) electrons. The molecule has 5 heteroatoms. The third-order valence-electron chi connectivity index (χ3n) is 3.74. The fraction of sp³-hybridized carbons (Fsp3) is 0.250. The number of hydrogen-bond donors (Lipinski definition) is 2. The van der Waals surface area contributed by atoms with E-state index in [4.69, 9.17) is 10.2 Å². The van der Waals surface area contributed by atoms with Crippen molar-refractivity contribution >= 4 is 11.8 Å². The third kappa shape index (κ3) is 2.81. The summed E-state index contributed by atoms with van der Waals surface area (Å²) in [5, 5.41) is 2.73. The Morgan fingerprint density at radius 2 is 1.95 bits per heavy atom. The molecule has 0 bridgehead atoms. The van der Waals surface area contributed by atoms with Crippen LogP contribution in [0.1, 0.15) is 29.7 Å². The third-order valence-corrected chi connectivity index (χ3v) is 3.74. The van der Waals surface area contributed by atoms with E-state index in [0.29, 0.717) is 5.56 Å². The minimum atomic E-state index is -0.795. The van der Waals surface area contributed by atoms with Crippen LogP contribution in [0.4, 0.5) is 0 Å². The fourth-order valence-corrected chi connectivity index (χ4v) is 2.51. The predicted octanol–water partition coefficient (Wildman–Crippen LogP) is 1.73. The number of carbonyl (C=O) groups excluding carboxylic acids is 2. The largest absolute Gasteiger partial charge is 0.469 e. The number of benzene rings is 1. The Hall–Kier alpha value is -2.56. The lowest BCUT2D eigenvalue weighted by molar-refractivity contribution is -0.128. The first-order chi connectivity index (χ1) is 10.2. The molecule has 1 fully saturated rings. The Balaban J connectivity index is 1.67. The van der Waals surface area contributed by atoms with Crippen LogP contribution in [0.15, 0.2) is 53.1 Å². The quantitative estimate of drug-likeness (QED) is 0.876. The van der Waals surface area contributed by atoms with Gasteiger partial charge in [-0.05, 0) is 24.1 Å². The van der Waals surface area contributed by atoms with Crippen LogP contribution in [-0.2, 0) is 9.59 Å². The van der Waals surface area contributed by atoms with E-state index in [1.54, 1.807) is 36.6 Å². The number of amides is 2. The van der Waals surface area contributed by atoms with Crippen molar-refractivity contribution in [1.82, 2.24) is 5.32 Å². The van der Waals surface area contributed by atoms with Crippen LogP contribution >= 0.6 is 0 Å². The van der Waals surface area contributed by atoms with Crippen LogP contribution in [0.25, 0.3) is 0 Å². The van der Waals surface area contributed by atoms with Crippen molar-refractivity contribution in [3.8, 4) is 0 Å². The van der Waals surface area contributed by atoms with Crippen molar-refractivity contribution in [3.05, 3.63) is 60.1 Å². The topological polar surface area (TPSA) is 85.3 Å². The molecule has 0 saturated heterocycles. The van der Waals surface area contributed by atoms with Gasteiger partial charge < -0.3 is 15.5 Å². The molecule has 1 aliphatic carbocycles. The van der Waals surface area contributed by atoms with Crippen molar-refractivity contribution in [2.75, 3.05) is 0 Å². The minimum Gasteiger partial charge on any atom is -0.469 e. The van der Waals surface area contributed by atoms with Gasteiger partial charge in [0, 0.05) is 11.8 Å². The van der Waals surface area contributed by atoms with Crippen LogP contribution in [0.5, 0.6) is 0 Å². The maximum atomic E-state index is 12.2. The number of rotatable bonds is 5. The van der Waals surface area contributed by atoms with E-state index < -0.39 is 11.9 Å². The fourth-order valence-electron chi connectivity index (χ4n) is 2.51. The lowest BCUT2D eigenvalue weighted by Gasteiger charge is -2.15. The highest BCUT2D eigenvalue weighted by Gasteiger charge is 2.46. The first-order valence-electron chi connectivity index (χ1n) is 6.85. The molecule has 5 nitrogen and oxygen atoms in total. The summed E-state index contributed by atoms with van der Waals surface area (Å²) in [4.78, 5) is 23.8. The van der Waals surface area contributed by atoms with Gasteiger partial charge >= 0.3 is 0 Å². The standard InChI is InChI=1S/C16H16N2O3/c17-15(19)14(10-5-2-1-3-6-10)18-16(20)12-9-11(12)13-7-4-8-21-13/h1-8,11-12,14H,9H2,(H2,17,19)(H,18,20)/t11-,12+,14-/m1/s1. The number of furan rings is 1. The maximum Gasteiger partial charge on any atom is 0.244 e. The summed E-state index contributed by atoms with van der Waals surface area (Å²) in [6, 6.07) is 11.9. The summed E-state index contributed by atoms with van der Waals surface area (Å²) in [5.41, 5.74) is 6.08. The molecule has 3 rings (SSSR count). The van der Waals surface area contributed by atoms with Gasteiger partial charge in [-0.3, -0.25) is 9.59 Å². The van der Waals surface area contributed by atoms with Gasteiger partial charge in [0.1, 0.15) is 11.8 Å². The van der Waals surface area contributed by atoms with Crippen molar-refractivity contribution in [2.45, 2.75) is 18.4 Å². The normalized spacial score (nSPS) is 21.5. The van der Waals surface area contributed by atoms with Gasteiger partial charge in [-0.15, -0.1) is 0 Å². The minimum absolute atomic E-state index is 0.101. The lowest BCUT2D eigenvalue weighted by atomic mass is 10.1. The van der Waals surface area contributed by atoms with Crippen molar-refractivity contribution in [1.29, 1.82) is 0 Å². The average Bonchev–Trinajstić information content (AvgIpc) is 3.11. The average molecular weight is 284 g/mol. The van der Waals surface area contributed by atoms with Gasteiger partial charge in [-0.25, -0.2) is 0 Å². The van der Waals surface area contributed by atoms with E-state index in [2.05, 4.69) is 5.32 Å². The Morgan fingerprint density at radius 3 is 2.57 bits per heavy atom. The van der Waals surface area contributed by atoms with Gasteiger partial charge in [0.05, 0.1) is 6.26 Å². The molecule has 2 aromatic rings. The zero-order valence-corrected chi connectivity index (χ0v) is 11.4. The Bertz CT molecular complexity index is 637. The molecule has 1 aliphatic rings. The number of primary amides is 1. The number of hydrogen-bond acceptors (Lipinski definition) is 3. The Morgan fingerprint density at radius 1 is 1.19 bits per heavy atom. The number of nitrogens with two attached hydrogens (primary N) is 1. The molecule has 0 spiro atoms. The van der Waals surface area contributed by atoms with Crippen molar-refractivity contribution in [3.63, 3.8) is 0 Å². The predicted molar refractivity (Wildman–Crippen MR) is 76.1 cm³/mol. The van der Waals surface area contributed by atoms with E-state index in [-0.39, 0.29) is 17.7 Å². The van der Waals surface area contributed by atoms with E-state index in [9.17, 15) is 9.59 Å². The lowest BCUT2D eigenvalue weighted by Crippen LogP contribution is -2.38. The molecule has 1 aromatic heterocycles. The summed E-state index contributed by atoms with van der Waals surface area (Å²) in [7, 11) is 0. The summed E-state index contributed by atoms with van der Waals surface area (Å²) in [6.07, 6.45) is 2.33. The van der Waals surface area contributed by atoms with Crippen LogP contribution in [-0.4, -0.2) is 11.8 Å². The van der Waals surface area contributed by atoms with Gasteiger partial charge in [-0.1, -0.05) is 30.3 Å². The van der Waals surface area contributed by atoms with E-state index in [1.165, 1.54) is 0 Å². The van der Waals surface area contributed by atoms with Crippen LogP contribution < -0.4 is 11.1 Å². The second kappa shape index (κ2) is 5.44. The molecule has 3 atom stereocenters. The molecule has 0 aliphatic heterocycles. The van der Waals surface area contributed by atoms with Gasteiger partial charge in [0.2, 0.25) is 11.8 Å².